The summed E-state index contributed by atoms with van der Waals surface area (Å²) in [6, 6.07) is 12.6. The number of rotatable bonds is 8. The minimum atomic E-state index is -0.729. The summed E-state index contributed by atoms with van der Waals surface area (Å²) < 4.78 is 34.8. The lowest BCUT2D eigenvalue weighted by Gasteiger charge is -2.33. The lowest BCUT2D eigenvalue weighted by molar-refractivity contribution is -0.0123. The normalized spacial score (nSPS) is 16.2. The summed E-state index contributed by atoms with van der Waals surface area (Å²) >= 11 is 0. The van der Waals surface area contributed by atoms with Crippen LogP contribution in [0.2, 0.25) is 0 Å². The van der Waals surface area contributed by atoms with E-state index < -0.39 is 17.6 Å². The molecule has 0 bridgehead atoms. The number of methoxy groups -OCH3 is 1. The van der Waals surface area contributed by atoms with Gasteiger partial charge in [0.15, 0.2) is 41.0 Å². The highest BCUT2D eigenvalue weighted by molar-refractivity contribution is 5.88. The highest BCUT2D eigenvalue weighted by atomic mass is 16.6. The minimum absolute atomic E-state index is 0.0182. The number of aliphatic hydroxyl groups is 1. The lowest BCUT2D eigenvalue weighted by Crippen LogP contribution is -2.36. The molecular formula is C29H28O10. The van der Waals surface area contributed by atoms with Crippen molar-refractivity contribution in [2.75, 3.05) is 26.9 Å². The number of aliphatic hydroxyl groups excluding tert-OH is 1. The van der Waals surface area contributed by atoms with Crippen molar-refractivity contribution in [3.8, 4) is 51.6 Å². The Balaban J connectivity index is 1.62. The van der Waals surface area contributed by atoms with Crippen LogP contribution in [-0.2, 0) is 0 Å². The van der Waals surface area contributed by atoms with Gasteiger partial charge >= 0.3 is 0 Å². The topological polar surface area (TPSA) is 137 Å². The number of hydrogen-bond donors (Lipinski definition) is 3. The van der Waals surface area contributed by atoms with Crippen LogP contribution in [0.5, 0.6) is 40.2 Å². The number of fused-ring (bicyclic) bond motifs is 2. The van der Waals surface area contributed by atoms with Gasteiger partial charge in [-0.05, 0) is 44.2 Å². The molecule has 39 heavy (non-hydrogen) atoms. The second kappa shape index (κ2) is 10.7. The molecule has 0 aliphatic carbocycles. The fourth-order valence-electron chi connectivity index (χ4n) is 4.54. The maximum atomic E-state index is 13.4. The average Bonchev–Trinajstić information content (AvgIpc) is 2.93. The van der Waals surface area contributed by atoms with Crippen molar-refractivity contribution in [2.24, 2.45) is 0 Å². The highest BCUT2D eigenvalue weighted by Crippen LogP contribution is 2.44. The first-order chi connectivity index (χ1) is 18.9. The van der Waals surface area contributed by atoms with Gasteiger partial charge in [0, 0.05) is 23.3 Å². The molecule has 1 aliphatic rings. The number of ether oxygens (including phenoxy) is 5. The van der Waals surface area contributed by atoms with Gasteiger partial charge in [-0.2, -0.15) is 0 Å². The van der Waals surface area contributed by atoms with E-state index in [0.717, 1.165) is 0 Å². The quantitative estimate of drug-likeness (QED) is 0.294. The van der Waals surface area contributed by atoms with Crippen molar-refractivity contribution in [2.45, 2.75) is 26.1 Å². The van der Waals surface area contributed by atoms with Crippen LogP contribution < -0.4 is 29.1 Å². The van der Waals surface area contributed by atoms with Crippen LogP contribution in [0.3, 0.4) is 0 Å². The van der Waals surface area contributed by atoms with Gasteiger partial charge in [0.05, 0.1) is 26.9 Å². The van der Waals surface area contributed by atoms with Crippen LogP contribution in [0.25, 0.3) is 22.3 Å². The average molecular weight is 537 g/mol. The summed E-state index contributed by atoms with van der Waals surface area (Å²) in [5, 5.41) is 30.5. The number of phenolic OH excluding ortho intramolecular Hbond substituents is 2. The third kappa shape index (κ3) is 4.74. The first-order valence-corrected chi connectivity index (χ1v) is 12.4. The number of benzene rings is 3. The first kappa shape index (κ1) is 26.1. The Kier molecular flexibility index (Phi) is 7.12. The molecule has 0 radical (unpaired) electrons. The van der Waals surface area contributed by atoms with E-state index in [-0.39, 0.29) is 52.9 Å². The second-order valence-corrected chi connectivity index (χ2v) is 8.74. The van der Waals surface area contributed by atoms with Crippen LogP contribution in [0.4, 0.5) is 0 Å². The Hall–Kier alpha value is -4.57. The smallest absolute Gasteiger partial charge is 0.239 e. The molecule has 2 heterocycles. The van der Waals surface area contributed by atoms with Gasteiger partial charge in [0.1, 0.15) is 22.5 Å². The SMILES string of the molecule is CCOc1cc(O)c2c(=O)c(OCC)c(-c3ccc4c(c3)OC(c3ccc(O)c(OC)c3)C(CO)O4)oc2c1. The van der Waals surface area contributed by atoms with E-state index >= 15 is 0 Å². The third-order valence-corrected chi connectivity index (χ3v) is 6.29. The van der Waals surface area contributed by atoms with E-state index in [4.69, 9.17) is 28.1 Å². The minimum Gasteiger partial charge on any atom is -0.507 e. The Labute approximate surface area is 223 Å². The molecule has 10 nitrogen and oxygen atoms in total. The van der Waals surface area contributed by atoms with Gasteiger partial charge in [-0.1, -0.05) is 6.07 Å². The van der Waals surface area contributed by atoms with E-state index in [0.29, 0.717) is 35.0 Å². The molecule has 3 N–H and O–H groups in total. The van der Waals surface area contributed by atoms with E-state index in [9.17, 15) is 20.1 Å². The van der Waals surface area contributed by atoms with E-state index in [1.165, 1.54) is 25.3 Å². The molecule has 5 rings (SSSR count). The molecule has 0 amide bonds. The van der Waals surface area contributed by atoms with Crippen molar-refractivity contribution in [1.29, 1.82) is 0 Å². The second-order valence-electron chi connectivity index (χ2n) is 8.74. The summed E-state index contributed by atoms with van der Waals surface area (Å²) in [5.74, 6) is 1.10. The highest BCUT2D eigenvalue weighted by Gasteiger charge is 2.34. The predicted octanol–water partition coefficient (Wildman–Crippen LogP) is 4.55. The molecule has 0 saturated carbocycles. The molecule has 0 saturated heterocycles. The van der Waals surface area contributed by atoms with Crippen molar-refractivity contribution in [3.05, 3.63) is 64.3 Å². The van der Waals surface area contributed by atoms with Crippen LogP contribution in [0, 0.1) is 0 Å². The molecule has 1 aromatic heterocycles. The fraction of sp³-hybridized carbons (Fsp3) is 0.276. The molecule has 2 atom stereocenters. The first-order valence-electron chi connectivity index (χ1n) is 12.4. The van der Waals surface area contributed by atoms with Crippen molar-refractivity contribution in [1.82, 2.24) is 0 Å². The number of phenols is 2. The van der Waals surface area contributed by atoms with Crippen LogP contribution >= 0.6 is 0 Å². The van der Waals surface area contributed by atoms with E-state index in [1.807, 2.05) is 0 Å². The van der Waals surface area contributed by atoms with Gasteiger partial charge < -0.3 is 43.4 Å². The molecule has 4 aromatic rings. The van der Waals surface area contributed by atoms with Gasteiger partial charge in [-0.15, -0.1) is 0 Å². The molecular weight excluding hydrogens is 508 g/mol. The third-order valence-electron chi connectivity index (χ3n) is 6.29. The molecule has 204 valence electrons. The van der Waals surface area contributed by atoms with E-state index in [2.05, 4.69) is 0 Å². The standard InChI is InChI=1S/C29H28O10/c1-4-35-17-12-19(32)25-23(13-17)39-28(29(26(25)33)36-5-2)16-7-9-20-22(11-16)38-27(24(14-30)37-20)15-6-8-18(31)21(10-15)34-3/h6-13,24,27,30-32H,4-5,14H2,1-3H3. The zero-order chi connectivity index (χ0) is 27.7. The maximum Gasteiger partial charge on any atom is 0.239 e. The molecule has 10 heteroatoms. The van der Waals surface area contributed by atoms with Gasteiger partial charge in [-0.3, -0.25) is 4.79 Å². The predicted molar refractivity (Wildman–Crippen MR) is 141 cm³/mol. The zero-order valence-electron chi connectivity index (χ0n) is 21.6. The summed E-state index contributed by atoms with van der Waals surface area (Å²) in [6.07, 6.45) is -1.46. The Morgan fingerprint density at radius 1 is 0.897 bits per heavy atom. The molecule has 1 aliphatic heterocycles. The molecule has 3 aromatic carbocycles. The zero-order valence-corrected chi connectivity index (χ0v) is 21.6. The van der Waals surface area contributed by atoms with Gasteiger partial charge in [0.2, 0.25) is 11.2 Å². The monoisotopic (exact) mass is 536 g/mol. The molecule has 0 fully saturated rings. The Bertz CT molecular complexity index is 1580. The van der Waals surface area contributed by atoms with Crippen molar-refractivity contribution >= 4 is 11.0 Å². The summed E-state index contributed by atoms with van der Waals surface area (Å²) in [4.78, 5) is 13.4. The molecule has 0 spiro atoms. The molecule has 2 unspecified atom stereocenters. The summed E-state index contributed by atoms with van der Waals surface area (Å²) in [5.41, 5.74) is 0.681. The van der Waals surface area contributed by atoms with Crippen molar-refractivity contribution < 1.29 is 43.4 Å². The number of hydrogen-bond acceptors (Lipinski definition) is 10. The Morgan fingerprint density at radius 2 is 1.69 bits per heavy atom. The largest absolute Gasteiger partial charge is 0.507 e. The van der Waals surface area contributed by atoms with Gasteiger partial charge in [0.25, 0.3) is 0 Å². The Morgan fingerprint density at radius 3 is 2.41 bits per heavy atom. The van der Waals surface area contributed by atoms with Crippen molar-refractivity contribution in [3.63, 3.8) is 0 Å². The fourth-order valence-corrected chi connectivity index (χ4v) is 4.54. The maximum absolute atomic E-state index is 13.4. The summed E-state index contributed by atoms with van der Waals surface area (Å²) in [6.45, 7) is 3.77. The van der Waals surface area contributed by atoms with Crippen LogP contribution in [0.15, 0.2) is 57.7 Å². The lowest BCUT2D eigenvalue weighted by atomic mass is 10.0. The van der Waals surface area contributed by atoms with Crippen LogP contribution in [-0.4, -0.2) is 48.4 Å². The van der Waals surface area contributed by atoms with Gasteiger partial charge in [-0.25, -0.2) is 0 Å². The van der Waals surface area contributed by atoms with E-state index in [1.54, 1.807) is 44.2 Å². The number of aromatic hydroxyl groups is 2. The van der Waals surface area contributed by atoms with Crippen LogP contribution in [0.1, 0.15) is 25.5 Å². The summed E-state index contributed by atoms with van der Waals surface area (Å²) in [7, 11) is 1.44.